The van der Waals surface area contributed by atoms with Gasteiger partial charge in [-0.25, -0.2) is 8.42 Å². The second kappa shape index (κ2) is 14.4. The zero-order chi connectivity index (χ0) is 30.3. The van der Waals surface area contributed by atoms with Gasteiger partial charge < -0.3 is 15.0 Å². The molecule has 224 valence electrons. The van der Waals surface area contributed by atoms with Crippen LogP contribution in [0.3, 0.4) is 0 Å². The highest BCUT2D eigenvalue weighted by atomic mass is 79.9. The maximum absolute atomic E-state index is 14.2. The molecule has 0 saturated heterocycles. The molecule has 0 spiro atoms. The first-order chi connectivity index (χ1) is 20.0. The van der Waals surface area contributed by atoms with Crippen molar-refractivity contribution in [2.75, 3.05) is 24.2 Å². The van der Waals surface area contributed by atoms with Gasteiger partial charge in [-0.15, -0.1) is 0 Å². The second-order valence-corrected chi connectivity index (χ2v) is 13.7. The normalized spacial score (nSPS) is 14.3. The summed E-state index contributed by atoms with van der Waals surface area (Å²) in [5, 5.41) is 3.37. The fourth-order valence-corrected chi connectivity index (χ4v) is 6.49. The van der Waals surface area contributed by atoms with Crippen LogP contribution in [0.15, 0.2) is 77.3 Å². The van der Waals surface area contributed by atoms with Crippen LogP contribution in [0.25, 0.3) is 0 Å². The van der Waals surface area contributed by atoms with Crippen LogP contribution < -0.4 is 14.4 Å². The second-order valence-electron chi connectivity index (χ2n) is 10.4. The smallest absolute Gasteiger partial charge is 0.244 e. The summed E-state index contributed by atoms with van der Waals surface area (Å²) in [5.74, 6) is -0.393. The highest BCUT2D eigenvalue weighted by Crippen LogP contribution is 2.30. The molecule has 1 saturated carbocycles. The van der Waals surface area contributed by atoms with Crippen molar-refractivity contribution in [3.63, 3.8) is 0 Å². The van der Waals surface area contributed by atoms with Crippen molar-refractivity contribution in [3.05, 3.63) is 93.4 Å². The monoisotopic (exact) mass is 675 g/mol. The molecular weight excluding hydrogens is 642 g/mol. The molecule has 1 fully saturated rings. The van der Waals surface area contributed by atoms with Gasteiger partial charge in [-0.2, -0.15) is 0 Å². The minimum absolute atomic E-state index is 0.0503. The van der Waals surface area contributed by atoms with E-state index in [9.17, 15) is 18.0 Å². The Morgan fingerprint density at radius 3 is 2.29 bits per heavy atom. The molecule has 0 aromatic heterocycles. The molecule has 0 bridgehead atoms. The Hall–Kier alpha value is -3.08. The summed E-state index contributed by atoms with van der Waals surface area (Å²) in [7, 11) is -2.44. The average molecular weight is 677 g/mol. The van der Waals surface area contributed by atoms with Crippen LogP contribution in [0, 0.1) is 0 Å². The number of ether oxygens (including phenoxy) is 1. The number of rotatable bonds is 12. The molecule has 0 radical (unpaired) electrons. The fourth-order valence-electron chi connectivity index (χ4n) is 5.13. The van der Waals surface area contributed by atoms with Crippen LogP contribution in [0.2, 0.25) is 5.02 Å². The first-order valence-corrected chi connectivity index (χ1v) is 16.8. The van der Waals surface area contributed by atoms with E-state index >= 15 is 0 Å². The standard InChI is InChI=1S/C31H35BrClN3O5S/c1-41-29-17-16-26(19-27(29)33)36(42(2,39)40)21-30(37)35(20-23-12-14-24(32)15-13-23)28(18-22-8-4-3-5-9-22)31(38)34-25-10-6-7-11-25/h3-5,8-9,12-17,19,25,28H,6-7,10-11,18,20-21H2,1-2H3,(H,34,38). The van der Waals surface area contributed by atoms with Crippen molar-refractivity contribution in [2.45, 2.75) is 50.7 Å². The number of halogens is 2. The molecule has 0 heterocycles. The zero-order valence-corrected chi connectivity index (χ0v) is 26.8. The van der Waals surface area contributed by atoms with Crippen LogP contribution in [0.1, 0.15) is 36.8 Å². The largest absolute Gasteiger partial charge is 0.495 e. The third kappa shape index (κ3) is 8.49. The van der Waals surface area contributed by atoms with Crippen LogP contribution in [-0.4, -0.2) is 57.1 Å². The Kier molecular flexibility index (Phi) is 10.9. The van der Waals surface area contributed by atoms with E-state index in [4.69, 9.17) is 16.3 Å². The number of carbonyl (C=O) groups is 2. The predicted molar refractivity (Wildman–Crippen MR) is 169 cm³/mol. The van der Waals surface area contributed by atoms with Crippen molar-refractivity contribution in [3.8, 4) is 5.75 Å². The number of hydrogen-bond acceptors (Lipinski definition) is 5. The quantitative estimate of drug-likeness (QED) is 0.271. The van der Waals surface area contributed by atoms with E-state index in [1.54, 1.807) is 6.07 Å². The summed E-state index contributed by atoms with van der Waals surface area (Å²) in [6, 6.07) is 20.7. The van der Waals surface area contributed by atoms with Gasteiger partial charge in [0.1, 0.15) is 18.3 Å². The van der Waals surface area contributed by atoms with Crippen LogP contribution in [0.5, 0.6) is 5.75 Å². The molecule has 1 unspecified atom stereocenters. The minimum Gasteiger partial charge on any atom is -0.495 e. The predicted octanol–water partition coefficient (Wildman–Crippen LogP) is 5.58. The molecule has 1 aliphatic rings. The molecule has 1 atom stereocenters. The van der Waals surface area contributed by atoms with Gasteiger partial charge in [0.15, 0.2) is 0 Å². The van der Waals surface area contributed by atoms with E-state index in [-0.39, 0.29) is 35.6 Å². The maximum atomic E-state index is 14.2. The molecule has 0 aliphatic heterocycles. The highest BCUT2D eigenvalue weighted by Gasteiger charge is 2.34. The molecule has 42 heavy (non-hydrogen) atoms. The van der Waals surface area contributed by atoms with Gasteiger partial charge in [0.25, 0.3) is 0 Å². The highest BCUT2D eigenvalue weighted by molar-refractivity contribution is 9.10. The fraction of sp³-hybridized carbons (Fsp3) is 0.355. The Morgan fingerprint density at radius 1 is 1.02 bits per heavy atom. The summed E-state index contributed by atoms with van der Waals surface area (Å²) in [5.41, 5.74) is 1.91. The summed E-state index contributed by atoms with van der Waals surface area (Å²) in [4.78, 5) is 29.6. The molecule has 3 aromatic rings. The number of nitrogens with zero attached hydrogens (tertiary/aromatic N) is 2. The van der Waals surface area contributed by atoms with Crippen LogP contribution in [0.4, 0.5) is 5.69 Å². The third-order valence-corrected chi connectivity index (χ3v) is 9.31. The van der Waals surface area contributed by atoms with Crippen molar-refractivity contribution in [1.82, 2.24) is 10.2 Å². The molecule has 1 N–H and O–H groups in total. The minimum atomic E-state index is -3.91. The summed E-state index contributed by atoms with van der Waals surface area (Å²) < 4.78 is 33.0. The van der Waals surface area contributed by atoms with Crippen molar-refractivity contribution < 1.29 is 22.7 Å². The molecule has 4 rings (SSSR count). The summed E-state index contributed by atoms with van der Waals surface area (Å²) in [6.45, 7) is -0.400. The van der Waals surface area contributed by atoms with E-state index in [1.165, 1.54) is 24.1 Å². The lowest BCUT2D eigenvalue weighted by Gasteiger charge is -2.34. The molecule has 2 amide bonds. The summed E-state index contributed by atoms with van der Waals surface area (Å²) in [6.07, 6.45) is 5.18. The lowest BCUT2D eigenvalue weighted by molar-refractivity contribution is -0.140. The van der Waals surface area contributed by atoms with Gasteiger partial charge in [0, 0.05) is 23.5 Å². The molecule has 3 aromatic carbocycles. The zero-order valence-electron chi connectivity index (χ0n) is 23.6. The molecule has 11 heteroatoms. The van der Waals surface area contributed by atoms with Gasteiger partial charge in [0.05, 0.1) is 24.1 Å². The lowest BCUT2D eigenvalue weighted by atomic mass is 10.0. The number of amides is 2. The lowest BCUT2D eigenvalue weighted by Crippen LogP contribution is -2.54. The van der Waals surface area contributed by atoms with E-state index in [2.05, 4.69) is 21.2 Å². The first kappa shape index (κ1) is 31.8. The molecular formula is C31H35BrClN3O5S. The van der Waals surface area contributed by atoms with Crippen molar-refractivity contribution >= 4 is 55.1 Å². The number of sulfonamides is 1. The van der Waals surface area contributed by atoms with Gasteiger partial charge in [0.2, 0.25) is 21.8 Å². The van der Waals surface area contributed by atoms with E-state index in [0.29, 0.717) is 5.75 Å². The van der Waals surface area contributed by atoms with Gasteiger partial charge in [-0.3, -0.25) is 13.9 Å². The number of anilines is 1. The van der Waals surface area contributed by atoms with E-state index < -0.39 is 28.5 Å². The Bertz CT molecular complexity index is 1480. The number of methoxy groups -OCH3 is 1. The van der Waals surface area contributed by atoms with Crippen LogP contribution in [-0.2, 0) is 32.6 Å². The third-order valence-electron chi connectivity index (χ3n) is 7.34. The van der Waals surface area contributed by atoms with Crippen molar-refractivity contribution in [1.29, 1.82) is 0 Å². The molecule has 1 aliphatic carbocycles. The van der Waals surface area contributed by atoms with Crippen molar-refractivity contribution in [2.24, 2.45) is 0 Å². The maximum Gasteiger partial charge on any atom is 0.244 e. The van der Waals surface area contributed by atoms with Gasteiger partial charge in [-0.05, 0) is 54.3 Å². The number of carbonyl (C=O) groups excluding carboxylic acids is 2. The topological polar surface area (TPSA) is 96.0 Å². The average Bonchev–Trinajstić information content (AvgIpc) is 3.47. The summed E-state index contributed by atoms with van der Waals surface area (Å²) >= 11 is 9.75. The number of nitrogens with one attached hydrogen (secondary N) is 1. The Balaban J connectivity index is 1.72. The number of benzene rings is 3. The van der Waals surface area contributed by atoms with Gasteiger partial charge >= 0.3 is 0 Å². The molecule has 8 nitrogen and oxygen atoms in total. The SMILES string of the molecule is COc1ccc(N(CC(=O)N(Cc2ccc(Br)cc2)C(Cc2ccccc2)C(=O)NC2CCCC2)S(C)(=O)=O)cc1Cl. The van der Waals surface area contributed by atoms with E-state index in [0.717, 1.165) is 51.8 Å². The Morgan fingerprint density at radius 2 is 1.69 bits per heavy atom. The number of hydrogen-bond donors (Lipinski definition) is 1. The van der Waals surface area contributed by atoms with E-state index in [1.807, 2.05) is 54.6 Å². The van der Waals surface area contributed by atoms with Crippen LogP contribution >= 0.6 is 27.5 Å². The first-order valence-electron chi connectivity index (χ1n) is 13.7. The van der Waals surface area contributed by atoms with Gasteiger partial charge in [-0.1, -0.05) is 82.8 Å². The Labute approximate surface area is 261 Å².